The van der Waals surface area contributed by atoms with E-state index in [2.05, 4.69) is 19.1 Å². The Morgan fingerprint density at radius 1 is 1.16 bits per heavy atom. The summed E-state index contributed by atoms with van der Waals surface area (Å²) in [6.45, 7) is 2.17. The highest BCUT2D eigenvalue weighted by atomic mass is 16.4. The Balaban J connectivity index is 2.47. The predicted octanol–water partition coefficient (Wildman–Crippen LogP) is 3.04. The van der Waals surface area contributed by atoms with Gasteiger partial charge in [0, 0.05) is 18.8 Å². The second kappa shape index (κ2) is 12.2. The fourth-order valence-corrected chi connectivity index (χ4v) is 3.41. The van der Waals surface area contributed by atoms with Crippen LogP contribution < -0.4 is 0 Å². The van der Waals surface area contributed by atoms with Gasteiger partial charge in [-0.2, -0.15) is 0 Å². The van der Waals surface area contributed by atoms with E-state index in [0.29, 0.717) is 25.7 Å². The van der Waals surface area contributed by atoms with E-state index >= 15 is 0 Å². The first kappa shape index (κ1) is 21.9. The molecule has 5 atom stereocenters. The van der Waals surface area contributed by atoms with Crippen LogP contribution in [0.5, 0.6) is 0 Å². The number of carbonyl (C=O) groups is 1. The smallest absolute Gasteiger partial charge is 0.303 e. The molecule has 1 saturated carbocycles. The predicted molar refractivity (Wildman–Crippen MR) is 98.1 cm³/mol. The van der Waals surface area contributed by atoms with Crippen LogP contribution in [0.25, 0.3) is 0 Å². The second-order valence-electron chi connectivity index (χ2n) is 7.05. The molecule has 1 aliphatic rings. The zero-order valence-electron chi connectivity index (χ0n) is 15.3. The van der Waals surface area contributed by atoms with Crippen LogP contribution in [0.1, 0.15) is 64.7 Å². The Morgan fingerprint density at radius 3 is 2.60 bits per heavy atom. The minimum absolute atomic E-state index is 0.0418. The van der Waals surface area contributed by atoms with Crippen molar-refractivity contribution in [2.24, 2.45) is 11.8 Å². The maximum atomic E-state index is 10.5. The van der Waals surface area contributed by atoms with Crippen LogP contribution in [0.2, 0.25) is 0 Å². The zero-order valence-corrected chi connectivity index (χ0v) is 15.3. The van der Waals surface area contributed by atoms with Gasteiger partial charge in [-0.15, -0.1) is 0 Å². The number of carboxylic acids is 1. The highest BCUT2D eigenvalue weighted by molar-refractivity contribution is 5.66. The van der Waals surface area contributed by atoms with Gasteiger partial charge in [0.2, 0.25) is 0 Å². The third-order valence-electron chi connectivity index (χ3n) is 4.91. The summed E-state index contributed by atoms with van der Waals surface area (Å²) < 4.78 is 0. The van der Waals surface area contributed by atoms with Gasteiger partial charge in [-0.25, -0.2) is 0 Å². The van der Waals surface area contributed by atoms with Crippen LogP contribution in [0.3, 0.4) is 0 Å². The number of hydrogen-bond acceptors (Lipinski definition) is 4. The number of rotatable bonds is 12. The molecule has 0 aromatic carbocycles. The lowest BCUT2D eigenvalue weighted by Crippen LogP contribution is -2.20. The van der Waals surface area contributed by atoms with Crippen LogP contribution in [-0.2, 0) is 4.79 Å². The van der Waals surface area contributed by atoms with E-state index in [-0.39, 0.29) is 18.3 Å². The summed E-state index contributed by atoms with van der Waals surface area (Å²) in [6, 6.07) is 0. The molecule has 0 heterocycles. The van der Waals surface area contributed by atoms with Gasteiger partial charge >= 0.3 is 5.97 Å². The standard InChI is InChI=1S/C20H34O5/c1-2-3-4-5-6-7-10-16-17(19(23)14-18(16)22)13-12-15(21)9-8-11-20(24)25/h6-7,12-13,15-19,21-23H,2-5,8-11,14H2,1H3,(H,24,25)/b7-6-,13-12?. The summed E-state index contributed by atoms with van der Waals surface area (Å²) >= 11 is 0. The summed E-state index contributed by atoms with van der Waals surface area (Å²) in [5.41, 5.74) is 0. The third kappa shape index (κ3) is 8.66. The molecule has 25 heavy (non-hydrogen) atoms. The van der Waals surface area contributed by atoms with E-state index in [4.69, 9.17) is 5.11 Å². The Bertz CT molecular complexity index is 432. The van der Waals surface area contributed by atoms with Crippen LogP contribution in [0.4, 0.5) is 0 Å². The molecule has 0 aliphatic heterocycles. The number of hydrogen-bond donors (Lipinski definition) is 4. The first-order valence-corrected chi connectivity index (χ1v) is 9.55. The van der Waals surface area contributed by atoms with E-state index in [1.54, 1.807) is 12.2 Å². The van der Waals surface area contributed by atoms with Crippen molar-refractivity contribution >= 4 is 5.97 Å². The van der Waals surface area contributed by atoms with Gasteiger partial charge < -0.3 is 20.4 Å². The number of aliphatic hydroxyl groups excluding tert-OH is 3. The highest BCUT2D eigenvalue weighted by Gasteiger charge is 2.39. The van der Waals surface area contributed by atoms with E-state index in [0.717, 1.165) is 6.42 Å². The molecular formula is C20H34O5. The van der Waals surface area contributed by atoms with Gasteiger partial charge in [0.25, 0.3) is 0 Å². The third-order valence-corrected chi connectivity index (χ3v) is 4.91. The number of aliphatic carboxylic acids is 1. The fourth-order valence-electron chi connectivity index (χ4n) is 3.41. The molecule has 0 spiro atoms. The highest BCUT2D eigenvalue weighted by Crippen LogP contribution is 2.36. The number of aliphatic hydroxyl groups is 3. The molecule has 5 heteroatoms. The molecule has 1 rings (SSSR count). The number of allylic oxidation sites excluding steroid dienone is 2. The molecule has 5 nitrogen and oxygen atoms in total. The molecule has 0 aromatic rings. The van der Waals surface area contributed by atoms with E-state index in [1.165, 1.54) is 19.3 Å². The van der Waals surface area contributed by atoms with Gasteiger partial charge in [0.1, 0.15) is 0 Å². The maximum absolute atomic E-state index is 10.5. The van der Waals surface area contributed by atoms with Crippen molar-refractivity contribution in [2.45, 2.75) is 83.0 Å². The van der Waals surface area contributed by atoms with Gasteiger partial charge in [-0.1, -0.05) is 44.1 Å². The average Bonchev–Trinajstić information content (AvgIpc) is 2.81. The van der Waals surface area contributed by atoms with Crippen molar-refractivity contribution in [2.75, 3.05) is 0 Å². The second-order valence-corrected chi connectivity index (χ2v) is 7.05. The maximum Gasteiger partial charge on any atom is 0.303 e. The minimum Gasteiger partial charge on any atom is -0.481 e. The van der Waals surface area contributed by atoms with Crippen LogP contribution >= 0.6 is 0 Å². The Morgan fingerprint density at radius 2 is 1.92 bits per heavy atom. The summed E-state index contributed by atoms with van der Waals surface area (Å²) in [6.07, 6.45) is 12.4. The minimum atomic E-state index is -0.865. The number of unbranched alkanes of at least 4 members (excludes halogenated alkanes) is 3. The quantitative estimate of drug-likeness (QED) is 0.319. The Kier molecular flexibility index (Phi) is 10.7. The molecule has 0 saturated heterocycles. The van der Waals surface area contributed by atoms with Crippen molar-refractivity contribution in [1.29, 1.82) is 0 Å². The van der Waals surface area contributed by atoms with Crippen LogP contribution in [0, 0.1) is 11.8 Å². The Hall–Kier alpha value is -1.17. The molecule has 4 N–H and O–H groups in total. The van der Waals surface area contributed by atoms with Crippen LogP contribution in [0.15, 0.2) is 24.3 Å². The summed E-state index contributed by atoms with van der Waals surface area (Å²) in [5.74, 6) is -1.08. The van der Waals surface area contributed by atoms with E-state index in [1.807, 2.05) is 0 Å². The normalized spacial score (nSPS) is 28.2. The average molecular weight is 354 g/mol. The lowest BCUT2D eigenvalue weighted by Gasteiger charge is -2.19. The first-order chi connectivity index (χ1) is 12.0. The number of carboxylic acid groups (broad SMARTS) is 1. The molecule has 0 radical (unpaired) electrons. The zero-order chi connectivity index (χ0) is 18.7. The molecule has 0 aromatic heterocycles. The topological polar surface area (TPSA) is 98.0 Å². The monoisotopic (exact) mass is 354 g/mol. The molecular weight excluding hydrogens is 320 g/mol. The SMILES string of the molecule is CCCCC/C=C\CC1C(O)CC(O)C1C=CC(O)CCCC(=O)O. The lowest BCUT2D eigenvalue weighted by atomic mass is 9.89. The van der Waals surface area contributed by atoms with Crippen molar-refractivity contribution < 1.29 is 25.2 Å². The summed E-state index contributed by atoms with van der Waals surface area (Å²) in [7, 11) is 0. The first-order valence-electron chi connectivity index (χ1n) is 9.55. The molecule has 144 valence electrons. The van der Waals surface area contributed by atoms with Crippen molar-refractivity contribution in [3.8, 4) is 0 Å². The van der Waals surface area contributed by atoms with Crippen molar-refractivity contribution in [3.05, 3.63) is 24.3 Å². The van der Waals surface area contributed by atoms with E-state index in [9.17, 15) is 20.1 Å². The van der Waals surface area contributed by atoms with Gasteiger partial charge in [0.15, 0.2) is 0 Å². The van der Waals surface area contributed by atoms with Gasteiger partial charge in [-0.3, -0.25) is 4.79 Å². The van der Waals surface area contributed by atoms with Crippen LogP contribution in [-0.4, -0.2) is 44.7 Å². The summed E-state index contributed by atoms with van der Waals surface area (Å²) in [5, 5.41) is 38.9. The largest absolute Gasteiger partial charge is 0.481 e. The Labute approximate surface area is 151 Å². The fraction of sp³-hybridized carbons (Fsp3) is 0.750. The van der Waals surface area contributed by atoms with Crippen molar-refractivity contribution in [1.82, 2.24) is 0 Å². The van der Waals surface area contributed by atoms with Gasteiger partial charge in [-0.05, 0) is 38.0 Å². The molecule has 0 amide bonds. The summed E-state index contributed by atoms with van der Waals surface area (Å²) in [4.78, 5) is 10.5. The lowest BCUT2D eigenvalue weighted by molar-refractivity contribution is -0.137. The van der Waals surface area contributed by atoms with E-state index < -0.39 is 24.3 Å². The molecule has 1 aliphatic carbocycles. The molecule has 5 unspecified atom stereocenters. The van der Waals surface area contributed by atoms with Gasteiger partial charge in [0.05, 0.1) is 18.3 Å². The van der Waals surface area contributed by atoms with Crippen molar-refractivity contribution in [3.63, 3.8) is 0 Å². The molecule has 1 fully saturated rings. The molecule has 0 bridgehead atoms.